The van der Waals surface area contributed by atoms with Crippen molar-refractivity contribution in [2.24, 2.45) is 0 Å². The molecule has 58 heavy (non-hydrogen) atoms. The molecule has 0 aliphatic heterocycles. The van der Waals surface area contributed by atoms with Crippen LogP contribution in [0.15, 0.2) is 194 Å². The van der Waals surface area contributed by atoms with E-state index in [0.717, 1.165) is 33.1 Å². The average Bonchev–Trinajstić information content (AvgIpc) is 3.51. The zero-order valence-corrected chi connectivity index (χ0v) is 31.9. The highest BCUT2D eigenvalue weighted by molar-refractivity contribution is 6.23. The summed E-state index contributed by atoms with van der Waals surface area (Å²) in [7, 11) is 0. The summed E-state index contributed by atoms with van der Waals surface area (Å²) in [6.45, 7) is 0. The summed E-state index contributed by atoms with van der Waals surface area (Å²) in [6.07, 6.45) is 4.33. The molecule has 0 atom stereocenters. The summed E-state index contributed by atoms with van der Waals surface area (Å²) in [5, 5.41) is 4.68. The molecular weight excluding hydrogens is 701 g/mol. The molecule has 1 fully saturated rings. The third kappa shape index (κ3) is 5.33. The normalized spacial score (nSPS) is 15.4. The summed E-state index contributed by atoms with van der Waals surface area (Å²) in [4.78, 5) is 10.3. The van der Waals surface area contributed by atoms with E-state index in [4.69, 9.17) is 9.97 Å². The van der Waals surface area contributed by atoms with Crippen LogP contribution < -0.4 is 0 Å². The van der Waals surface area contributed by atoms with Crippen molar-refractivity contribution in [2.45, 2.75) is 24.7 Å². The Hall–Kier alpha value is -7.16. The number of hydrogen-bond donors (Lipinski definition) is 0. The summed E-state index contributed by atoms with van der Waals surface area (Å²) >= 11 is 0. The van der Waals surface area contributed by atoms with E-state index in [0.29, 0.717) is 11.8 Å². The van der Waals surface area contributed by atoms with Crippen molar-refractivity contribution in [1.29, 1.82) is 0 Å². The van der Waals surface area contributed by atoms with Crippen LogP contribution in [0.5, 0.6) is 0 Å². The largest absolute Gasteiger partial charge is 0.252 e. The first-order chi connectivity index (χ1) is 28.7. The second kappa shape index (κ2) is 13.2. The molecule has 10 aromatic rings. The maximum Gasteiger partial charge on any atom is 0.0979 e. The van der Waals surface area contributed by atoms with E-state index in [1.54, 1.807) is 0 Å². The fourth-order valence-electron chi connectivity index (χ4n) is 9.88. The molecule has 13 rings (SSSR count). The number of aromatic nitrogens is 2. The van der Waals surface area contributed by atoms with Gasteiger partial charge in [-0.05, 0) is 126 Å². The van der Waals surface area contributed by atoms with Gasteiger partial charge >= 0.3 is 0 Å². The Morgan fingerprint density at radius 3 is 1.59 bits per heavy atom. The lowest BCUT2D eigenvalue weighted by molar-refractivity contribution is 0.358. The molecule has 2 heteroatoms. The van der Waals surface area contributed by atoms with Crippen molar-refractivity contribution in [3.63, 3.8) is 0 Å². The molecule has 0 N–H and O–H groups in total. The lowest BCUT2D eigenvalue weighted by atomic mass is 9.69. The smallest absolute Gasteiger partial charge is 0.0979 e. The van der Waals surface area contributed by atoms with Gasteiger partial charge in [0.25, 0.3) is 0 Å². The van der Waals surface area contributed by atoms with Gasteiger partial charge in [0.15, 0.2) is 0 Å². The van der Waals surface area contributed by atoms with Crippen LogP contribution in [0, 0.1) is 0 Å². The fraction of sp³-hybridized carbons (Fsp3) is 0.0714. The molecule has 1 saturated carbocycles. The molecular formula is C56H38N2. The minimum atomic E-state index is 0.536. The average molecular weight is 739 g/mol. The SMILES string of the molecule is c1ccc(-c2ccc3c(c2)-c2cc(-c4ccccc4)cc(-c4cccc(-c5ccc(-c6cnc7c8ccccc8c8ccccc8c7n6)cc5)c4)c2C2CC3C2)cc1. The van der Waals surface area contributed by atoms with E-state index in [9.17, 15) is 0 Å². The van der Waals surface area contributed by atoms with Gasteiger partial charge in [-0.25, -0.2) is 4.98 Å². The molecule has 3 aliphatic rings. The number of rotatable bonds is 5. The van der Waals surface area contributed by atoms with E-state index in [-0.39, 0.29) is 0 Å². The first kappa shape index (κ1) is 33.0. The molecule has 1 heterocycles. The van der Waals surface area contributed by atoms with Crippen LogP contribution in [0.1, 0.15) is 35.8 Å². The maximum atomic E-state index is 5.25. The zero-order valence-electron chi connectivity index (χ0n) is 31.9. The Kier molecular flexibility index (Phi) is 7.53. The highest BCUT2D eigenvalue weighted by Gasteiger charge is 2.39. The molecule has 0 saturated heterocycles. The van der Waals surface area contributed by atoms with E-state index in [1.165, 1.54) is 90.4 Å². The van der Waals surface area contributed by atoms with Crippen LogP contribution >= 0.6 is 0 Å². The van der Waals surface area contributed by atoms with Crippen molar-refractivity contribution >= 4 is 32.6 Å². The summed E-state index contributed by atoms with van der Waals surface area (Å²) in [5.41, 5.74) is 19.6. The highest BCUT2D eigenvalue weighted by Crippen LogP contribution is 2.58. The summed E-state index contributed by atoms with van der Waals surface area (Å²) in [5.74, 6) is 1.13. The number of fused-ring (bicyclic) bond motifs is 6. The molecule has 0 unspecified atom stereocenters. The third-order valence-corrected chi connectivity index (χ3v) is 12.8. The fourth-order valence-corrected chi connectivity index (χ4v) is 9.88. The summed E-state index contributed by atoms with van der Waals surface area (Å²) in [6, 6.07) is 68.9. The van der Waals surface area contributed by atoms with Crippen LogP contribution in [0.4, 0.5) is 0 Å². The van der Waals surface area contributed by atoms with Crippen molar-refractivity contribution in [2.75, 3.05) is 0 Å². The zero-order chi connectivity index (χ0) is 38.2. The highest BCUT2D eigenvalue weighted by atomic mass is 14.8. The number of benzene rings is 9. The molecule has 1 aromatic heterocycles. The van der Waals surface area contributed by atoms with Crippen LogP contribution in [0.2, 0.25) is 0 Å². The van der Waals surface area contributed by atoms with Crippen molar-refractivity contribution in [1.82, 2.24) is 9.97 Å². The van der Waals surface area contributed by atoms with Gasteiger partial charge in [-0.1, -0.05) is 164 Å². The molecule has 272 valence electrons. The van der Waals surface area contributed by atoms with Crippen LogP contribution in [-0.4, -0.2) is 9.97 Å². The molecule has 0 spiro atoms. The predicted molar refractivity (Wildman–Crippen MR) is 242 cm³/mol. The molecule has 3 aliphatic carbocycles. The lowest BCUT2D eigenvalue weighted by Crippen LogP contribution is -2.18. The second-order valence-corrected chi connectivity index (χ2v) is 16.1. The minimum absolute atomic E-state index is 0.536. The van der Waals surface area contributed by atoms with Crippen molar-refractivity contribution in [3.05, 3.63) is 205 Å². The van der Waals surface area contributed by atoms with Crippen molar-refractivity contribution in [3.8, 4) is 66.9 Å². The predicted octanol–water partition coefficient (Wildman–Crippen LogP) is 14.9. The van der Waals surface area contributed by atoms with Gasteiger partial charge in [-0.3, -0.25) is 4.98 Å². The van der Waals surface area contributed by atoms with Gasteiger partial charge in [0.1, 0.15) is 0 Å². The topological polar surface area (TPSA) is 25.8 Å². The number of hydrogen-bond acceptors (Lipinski definition) is 2. The lowest BCUT2D eigenvalue weighted by Gasteiger charge is -2.35. The van der Waals surface area contributed by atoms with Crippen LogP contribution in [0.25, 0.3) is 99.5 Å². The van der Waals surface area contributed by atoms with Gasteiger partial charge in [0.05, 0.1) is 22.9 Å². The molecule has 2 bridgehead atoms. The van der Waals surface area contributed by atoms with Gasteiger partial charge in [0, 0.05) is 16.3 Å². The second-order valence-electron chi connectivity index (χ2n) is 16.1. The molecule has 0 amide bonds. The van der Waals surface area contributed by atoms with Gasteiger partial charge in [-0.2, -0.15) is 0 Å². The number of nitrogens with zero attached hydrogens (tertiary/aromatic N) is 2. The Morgan fingerprint density at radius 1 is 0.345 bits per heavy atom. The first-order valence-corrected chi connectivity index (χ1v) is 20.4. The Morgan fingerprint density at radius 2 is 0.862 bits per heavy atom. The summed E-state index contributed by atoms with van der Waals surface area (Å²) < 4.78 is 0. The van der Waals surface area contributed by atoms with E-state index in [1.807, 2.05) is 6.20 Å². The Bertz CT molecular complexity index is 3180. The molecule has 0 radical (unpaired) electrons. The molecule has 2 nitrogen and oxygen atoms in total. The monoisotopic (exact) mass is 738 g/mol. The third-order valence-electron chi connectivity index (χ3n) is 12.8. The molecule has 9 aromatic carbocycles. The van der Waals surface area contributed by atoms with Crippen LogP contribution in [0.3, 0.4) is 0 Å². The minimum Gasteiger partial charge on any atom is -0.252 e. The van der Waals surface area contributed by atoms with E-state index < -0.39 is 0 Å². The standard InChI is InChI=1S/C56H38N2/c1-3-12-35(13-4-1)40-26-27-45-43-29-44(30-43)54-50(32-42(33-52(54)51(45)31-40)36-14-5-2-6-15-36)41-17-11-16-39(28-41)37-22-24-38(25-23-37)53-34-57-55-48-20-9-7-18-46(48)47-19-8-10-21-49(47)56(55)58-53/h1-28,31-34,43-44H,29-30H2. The van der Waals surface area contributed by atoms with Crippen molar-refractivity contribution < 1.29 is 0 Å². The van der Waals surface area contributed by atoms with E-state index >= 15 is 0 Å². The van der Waals surface area contributed by atoms with Crippen LogP contribution in [-0.2, 0) is 0 Å². The maximum absolute atomic E-state index is 5.25. The van der Waals surface area contributed by atoms with Gasteiger partial charge in [0.2, 0.25) is 0 Å². The van der Waals surface area contributed by atoms with Gasteiger partial charge in [-0.15, -0.1) is 0 Å². The first-order valence-electron chi connectivity index (χ1n) is 20.4. The van der Waals surface area contributed by atoms with Gasteiger partial charge < -0.3 is 0 Å². The Balaban J connectivity index is 0.963. The quantitative estimate of drug-likeness (QED) is 0.164. The Labute approximate surface area is 338 Å². The van der Waals surface area contributed by atoms with E-state index in [2.05, 4.69) is 188 Å².